The predicted molar refractivity (Wildman–Crippen MR) is 99.6 cm³/mol. The summed E-state index contributed by atoms with van der Waals surface area (Å²) in [6.45, 7) is 3.69. The fraction of sp³-hybridized carbons (Fsp3) is 0.300. The minimum absolute atomic E-state index is 0.0273. The van der Waals surface area contributed by atoms with Gasteiger partial charge in [-0.2, -0.15) is 0 Å². The highest BCUT2D eigenvalue weighted by Crippen LogP contribution is 2.34. The Kier molecular flexibility index (Phi) is 4.14. The number of benzene rings is 1. The van der Waals surface area contributed by atoms with Crippen LogP contribution < -0.4 is 11.1 Å². The van der Waals surface area contributed by atoms with Crippen LogP contribution in [0.3, 0.4) is 0 Å². The standard InChI is InChI=1S/C20H19FN4O3/c1-9-7-14(23-18(22)10(9)2)12-4-3-11-13(17(12)21)8-25(20(11)28)15-5-6-16(26)24-19(15)27/h3-4,7,15H,5-6,8H2,1-2H3,(H2,22,23)(H,24,26,27). The number of pyridine rings is 1. The molecule has 8 heteroatoms. The second kappa shape index (κ2) is 6.40. The Morgan fingerprint density at radius 1 is 1.21 bits per heavy atom. The van der Waals surface area contributed by atoms with Gasteiger partial charge in [0.15, 0.2) is 0 Å². The summed E-state index contributed by atoms with van der Waals surface area (Å²) in [6.07, 6.45) is 0.379. The van der Waals surface area contributed by atoms with Crippen LogP contribution in [-0.4, -0.2) is 33.6 Å². The van der Waals surface area contributed by atoms with Gasteiger partial charge >= 0.3 is 0 Å². The van der Waals surface area contributed by atoms with E-state index in [1.54, 1.807) is 12.1 Å². The average molecular weight is 382 g/mol. The minimum atomic E-state index is -0.782. The van der Waals surface area contributed by atoms with E-state index in [0.29, 0.717) is 11.5 Å². The average Bonchev–Trinajstić information content (AvgIpc) is 2.97. The maximum atomic E-state index is 15.3. The number of aromatic nitrogens is 1. The van der Waals surface area contributed by atoms with Crippen molar-refractivity contribution < 1.29 is 18.8 Å². The molecular weight excluding hydrogens is 363 g/mol. The molecular formula is C20H19FN4O3. The van der Waals surface area contributed by atoms with Crippen LogP contribution in [0.4, 0.5) is 10.2 Å². The molecule has 3 amide bonds. The van der Waals surface area contributed by atoms with Crippen molar-refractivity contribution in [2.75, 3.05) is 5.73 Å². The molecule has 0 saturated carbocycles. The lowest BCUT2D eigenvalue weighted by atomic mass is 10.0. The SMILES string of the molecule is Cc1cc(-c2ccc3c(c2F)CN(C2CCC(=O)NC2=O)C3=O)nc(N)c1C. The summed E-state index contributed by atoms with van der Waals surface area (Å²) in [6, 6.07) is 4.03. The first-order valence-corrected chi connectivity index (χ1v) is 8.98. The maximum Gasteiger partial charge on any atom is 0.255 e. The summed E-state index contributed by atoms with van der Waals surface area (Å²) < 4.78 is 15.3. The number of nitrogens with one attached hydrogen (secondary N) is 1. The molecule has 1 aromatic carbocycles. The highest BCUT2D eigenvalue weighted by molar-refractivity contribution is 6.05. The zero-order valence-electron chi connectivity index (χ0n) is 15.5. The predicted octanol–water partition coefficient (Wildman–Crippen LogP) is 1.85. The number of fused-ring (bicyclic) bond motifs is 1. The van der Waals surface area contributed by atoms with Crippen molar-refractivity contribution in [2.45, 2.75) is 39.3 Å². The minimum Gasteiger partial charge on any atom is -0.383 e. The Bertz CT molecular complexity index is 1030. The van der Waals surface area contributed by atoms with E-state index in [1.807, 2.05) is 13.8 Å². The quantitative estimate of drug-likeness (QED) is 0.771. The van der Waals surface area contributed by atoms with Gasteiger partial charge in [0.25, 0.3) is 5.91 Å². The lowest BCUT2D eigenvalue weighted by Gasteiger charge is -2.29. The molecule has 2 aromatic rings. The van der Waals surface area contributed by atoms with Crippen LogP contribution in [0.1, 0.15) is 39.9 Å². The number of piperidine rings is 1. The number of imide groups is 1. The third kappa shape index (κ3) is 2.72. The van der Waals surface area contributed by atoms with Gasteiger partial charge in [-0.1, -0.05) is 0 Å². The summed E-state index contributed by atoms with van der Waals surface area (Å²) >= 11 is 0. The third-order valence-electron chi connectivity index (χ3n) is 5.50. The van der Waals surface area contributed by atoms with Crippen molar-refractivity contribution in [1.82, 2.24) is 15.2 Å². The van der Waals surface area contributed by atoms with Gasteiger partial charge in [-0.05, 0) is 49.6 Å². The highest BCUT2D eigenvalue weighted by Gasteiger charge is 2.40. The van der Waals surface area contributed by atoms with Crippen LogP contribution in [0.25, 0.3) is 11.3 Å². The zero-order valence-corrected chi connectivity index (χ0v) is 15.5. The Labute approximate surface area is 160 Å². The maximum absolute atomic E-state index is 15.3. The summed E-state index contributed by atoms with van der Waals surface area (Å²) in [5.41, 5.74) is 8.76. The van der Waals surface area contributed by atoms with E-state index in [2.05, 4.69) is 10.3 Å². The topological polar surface area (TPSA) is 105 Å². The molecule has 1 saturated heterocycles. The van der Waals surface area contributed by atoms with E-state index in [-0.39, 0.29) is 42.0 Å². The molecule has 3 N–H and O–H groups in total. The van der Waals surface area contributed by atoms with E-state index >= 15 is 4.39 Å². The molecule has 1 unspecified atom stereocenters. The Balaban J connectivity index is 1.71. The first-order chi connectivity index (χ1) is 13.3. The zero-order chi connectivity index (χ0) is 20.2. The molecule has 0 radical (unpaired) electrons. The number of carbonyl (C=O) groups is 3. The van der Waals surface area contributed by atoms with Gasteiger partial charge in [-0.25, -0.2) is 9.37 Å². The molecule has 1 aromatic heterocycles. The van der Waals surface area contributed by atoms with E-state index in [4.69, 9.17) is 5.73 Å². The number of hydrogen-bond acceptors (Lipinski definition) is 5. The van der Waals surface area contributed by atoms with Crippen molar-refractivity contribution in [3.8, 4) is 11.3 Å². The van der Waals surface area contributed by atoms with Crippen LogP contribution in [0, 0.1) is 19.7 Å². The fourth-order valence-corrected chi connectivity index (χ4v) is 3.70. The molecule has 3 heterocycles. The van der Waals surface area contributed by atoms with Crippen LogP contribution in [0.2, 0.25) is 0 Å². The number of aryl methyl sites for hydroxylation is 1. The normalized spacial score (nSPS) is 19.0. The van der Waals surface area contributed by atoms with Crippen LogP contribution in [-0.2, 0) is 16.1 Å². The van der Waals surface area contributed by atoms with Gasteiger partial charge in [0.1, 0.15) is 17.7 Å². The van der Waals surface area contributed by atoms with Crippen molar-refractivity contribution in [2.24, 2.45) is 0 Å². The molecule has 1 fully saturated rings. The van der Waals surface area contributed by atoms with Crippen LogP contribution >= 0.6 is 0 Å². The number of amides is 3. The number of rotatable bonds is 2. The second-order valence-corrected chi connectivity index (χ2v) is 7.19. The van der Waals surface area contributed by atoms with E-state index in [1.165, 1.54) is 11.0 Å². The third-order valence-corrected chi connectivity index (χ3v) is 5.50. The summed E-state index contributed by atoms with van der Waals surface area (Å²) in [4.78, 5) is 41.8. The molecule has 2 aliphatic rings. The fourth-order valence-electron chi connectivity index (χ4n) is 3.70. The van der Waals surface area contributed by atoms with Gasteiger partial charge < -0.3 is 10.6 Å². The molecule has 0 spiro atoms. The number of halogens is 1. The summed E-state index contributed by atoms with van der Waals surface area (Å²) in [7, 11) is 0. The lowest BCUT2D eigenvalue weighted by molar-refractivity contribution is -0.136. The molecule has 144 valence electrons. The Morgan fingerprint density at radius 3 is 2.61 bits per heavy atom. The van der Waals surface area contributed by atoms with Gasteiger partial charge in [0, 0.05) is 23.1 Å². The monoisotopic (exact) mass is 382 g/mol. The van der Waals surface area contributed by atoms with E-state index in [0.717, 1.165) is 11.1 Å². The smallest absolute Gasteiger partial charge is 0.255 e. The number of carbonyl (C=O) groups excluding carboxylic acids is 3. The number of nitrogens with two attached hydrogens (primary N) is 1. The van der Waals surface area contributed by atoms with E-state index in [9.17, 15) is 14.4 Å². The second-order valence-electron chi connectivity index (χ2n) is 7.19. The first kappa shape index (κ1) is 18.1. The molecule has 7 nitrogen and oxygen atoms in total. The lowest BCUT2D eigenvalue weighted by Crippen LogP contribution is -2.52. The van der Waals surface area contributed by atoms with Crippen molar-refractivity contribution in [3.63, 3.8) is 0 Å². The van der Waals surface area contributed by atoms with Crippen LogP contribution in [0.5, 0.6) is 0 Å². The van der Waals surface area contributed by atoms with E-state index < -0.39 is 23.7 Å². The number of hydrogen-bond donors (Lipinski definition) is 2. The van der Waals surface area contributed by atoms with Gasteiger partial charge in [0.05, 0.1) is 12.2 Å². The highest BCUT2D eigenvalue weighted by atomic mass is 19.1. The Morgan fingerprint density at radius 2 is 1.93 bits per heavy atom. The van der Waals surface area contributed by atoms with Crippen molar-refractivity contribution in [3.05, 3.63) is 46.3 Å². The first-order valence-electron chi connectivity index (χ1n) is 8.98. The van der Waals surface area contributed by atoms with Gasteiger partial charge in [-0.15, -0.1) is 0 Å². The molecule has 0 aliphatic carbocycles. The van der Waals surface area contributed by atoms with Crippen molar-refractivity contribution in [1.29, 1.82) is 0 Å². The number of nitrogens with zero attached hydrogens (tertiary/aromatic N) is 2. The van der Waals surface area contributed by atoms with Gasteiger partial charge in [-0.3, -0.25) is 19.7 Å². The summed E-state index contributed by atoms with van der Waals surface area (Å²) in [5.74, 6) is -1.52. The number of nitrogen functional groups attached to an aromatic ring is 1. The van der Waals surface area contributed by atoms with Crippen molar-refractivity contribution >= 4 is 23.5 Å². The van der Waals surface area contributed by atoms with Crippen LogP contribution in [0.15, 0.2) is 18.2 Å². The summed E-state index contributed by atoms with van der Waals surface area (Å²) in [5, 5.41) is 2.23. The number of anilines is 1. The molecule has 28 heavy (non-hydrogen) atoms. The molecule has 0 bridgehead atoms. The largest absolute Gasteiger partial charge is 0.383 e. The molecule has 2 aliphatic heterocycles. The molecule has 4 rings (SSSR count). The molecule has 1 atom stereocenters. The Hall–Kier alpha value is -3.29. The van der Waals surface area contributed by atoms with Gasteiger partial charge in [0.2, 0.25) is 11.8 Å².